The maximum absolute atomic E-state index is 12.0. The van der Waals surface area contributed by atoms with Gasteiger partial charge in [0.2, 0.25) is 5.91 Å². The average molecular weight is 332 g/mol. The standard InChI is InChI=1S/C16H20N4O2S/c1-11(17-2)9-18-14(21)8-13-10-23-16(19-13)20-15(22)12-6-4-3-5-7-12/h3-7,10-11,17H,8-9H2,1-2H3,(H,18,21)(H,19,20,22). The molecule has 122 valence electrons. The lowest BCUT2D eigenvalue weighted by molar-refractivity contribution is -0.120. The Morgan fingerprint density at radius 3 is 2.70 bits per heavy atom. The Hall–Kier alpha value is -2.25. The molecule has 6 nitrogen and oxygen atoms in total. The van der Waals surface area contributed by atoms with E-state index in [1.165, 1.54) is 11.3 Å². The first-order chi connectivity index (χ1) is 11.1. The molecule has 3 N–H and O–H groups in total. The fourth-order valence-electron chi connectivity index (χ4n) is 1.80. The largest absolute Gasteiger partial charge is 0.354 e. The summed E-state index contributed by atoms with van der Waals surface area (Å²) in [6.07, 6.45) is 0.203. The Bertz CT molecular complexity index is 657. The molecule has 2 amide bonds. The van der Waals surface area contributed by atoms with Crippen molar-refractivity contribution >= 4 is 28.3 Å². The van der Waals surface area contributed by atoms with Gasteiger partial charge in [0, 0.05) is 23.5 Å². The van der Waals surface area contributed by atoms with Crippen molar-refractivity contribution in [1.29, 1.82) is 0 Å². The average Bonchev–Trinajstić information content (AvgIpc) is 3.00. The third-order valence-corrected chi connectivity index (χ3v) is 4.05. The molecule has 1 aromatic heterocycles. The topological polar surface area (TPSA) is 83.1 Å². The minimum atomic E-state index is -0.209. The normalized spacial score (nSPS) is 11.7. The van der Waals surface area contributed by atoms with Crippen molar-refractivity contribution in [1.82, 2.24) is 15.6 Å². The molecule has 0 radical (unpaired) electrons. The number of hydrogen-bond acceptors (Lipinski definition) is 5. The maximum Gasteiger partial charge on any atom is 0.257 e. The third-order valence-electron chi connectivity index (χ3n) is 3.25. The van der Waals surface area contributed by atoms with Crippen LogP contribution in [0.4, 0.5) is 5.13 Å². The highest BCUT2D eigenvalue weighted by Crippen LogP contribution is 2.16. The number of carbonyl (C=O) groups is 2. The summed E-state index contributed by atoms with van der Waals surface area (Å²) in [5.41, 5.74) is 1.22. The first-order valence-electron chi connectivity index (χ1n) is 7.33. The number of benzene rings is 1. The smallest absolute Gasteiger partial charge is 0.257 e. The van der Waals surface area contributed by atoms with E-state index in [9.17, 15) is 9.59 Å². The molecular formula is C16H20N4O2S. The third kappa shape index (κ3) is 5.46. The molecule has 1 heterocycles. The van der Waals surface area contributed by atoms with E-state index in [1.807, 2.05) is 20.0 Å². The lowest BCUT2D eigenvalue weighted by Crippen LogP contribution is -2.37. The van der Waals surface area contributed by atoms with Gasteiger partial charge in [0.1, 0.15) is 0 Å². The van der Waals surface area contributed by atoms with Crippen molar-refractivity contribution in [3.8, 4) is 0 Å². The molecule has 7 heteroatoms. The highest BCUT2D eigenvalue weighted by molar-refractivity contribution is 7.14. The van der Waals surface area contributed by atoms with Crippen molar-refractivity contribution < 1.29 is 9.59 Å². The molecule has 23 heavy (non-hydrogen) atoms. The Kier molecular flexibility index (Phi) is 6.25. The van der Waals surface area contributed by atoms with Crippen molar-refractivity contribution in [2.75, 3.05) is 18.9 Å². The predicted molar refractivity (Wildman–Crippen MR) is 91.7 cm³/mol. The van der Waals surface area contributed by atoms with Crippen LogP contribution in [0.1, 0.15) is 23.0 Å². The Morgan fingerprint density at radius 2 is 2.00 bits per heavy atom. The second-order valence-electron chi connectivity index (χ2n) is 5.13. The van der Waals surface area contributed by atoms with Crippen LogP contribution in [-0.4, -0.2) is 36.4 Å². The summed E-state index contributed by atoms with van der Waals surface area (Å²) in [5.74, 6) is -0.294. The van der Waals surface area contributed by atoms with Gasteiger partial charge in [0.15, 0.2) is 5.13 Å². The van der Waals surface area contributed by atoms with Gasteiger partial charge >= 0.3 is 0 Å². The number of carbonyl (C=O) groups excluding carboxylic acids is 2. The van der Waals surface area contributed by atoms with Crippen LogP contribution in [0.25, 0.3) is 0 Å². The lowest BCUT2D eigenvalue weighted by atomic mass is 10.2. The monoisotopic (exact) mass is 332 g/mol. The highest BCUT2D eigenvalue weighted by atomic mass is 32.1. The van der Waals surface area contributed by atoms with Crippen LogP contribution in [0.5, 0.6) is 0 Å². The lowest BCUT2D eigenvalue weighted by Gasteiger charge is -2.10. The van der Waals surface area contributed by atoms with E-state index >= 15 is 0 Å². The number of nitrogens with zero attached hydrogens (tertiary/aromatic N) is 1. The minimum absolute atomic E-state index is 0.0849. The van der Waals surface area contributed by atoms with Crippen LogP contribution in [0, 0.1) is 0 Å². The summed E-state index contributed by atoms with van der Waals surface area (Å²) in [6.45, 7) is 2.55. The molecule has 1 unspecified atom stereocenters. The first kappa shape index (κ1) is 17.1. The zero-order valence-electron chi connectivity index (χ0n) is 13.1. The molecule has 1 atom stereocenters. The summed E-state index contributed by atoms with van der Waals surface area (Å²) in [4.78, 5) is 28.1. The number of aromatic nitrogens is 1. The minimum Gasteiger partial charge on any atom is -0.354 e. The molecule has 0 saturated carbocycles. The number of rotatable bonds is 7. The van der Waals surface area contributed by atoms with Crippen LogP contribution in [0.2, 0.25) is 0 Å². The number of amides is 2. The number of anilines is 1. The Labute approximate surface area is 139 Å². The van der Waals surface area contributed by atoms with Gasteiger partial charge in [-0.2, -0.15) is 0 Å². The van der Waals surface area contributed by atoms with Crippen molar-refractivity contribution in [3.63, 3.8) is 0 Å². The number of nitrogens with one attached hydrogen (secondary N) is 3. The molecule has 0 aliphatic heterocycles. The molecule has 0 spiro atoms. The van der Waals surface area contributed by atoms with Crippen LogP contribution >= 0.6 is 11.3 Å². The molecule has 0 aliphatic rings. The summed E-state index contributed by atoms with van der Waals surface area (Å²) >= 11 is 1.31. The van der Waals surface area contributed by atoms with Crippen molar-refractivity contribution in [2.24, 2.45) is 0 Å². The van der Waals surface area contributed by atoms with Gasteiger partial charge in [-0.25, -0.2) is 4.98 Å². The fourth-order valence-corrected chi connectivity index (χ4v) is 2.51. The Balaban J connectivity index is 1.86. The molecule has 0 saturated heterocycles. The van der Waals surface area contributed by atoms with E-state index in [-0.39, 0.29) is 24.3 Å². The van der Waals surface area contributed by atoms with Gasteiger partial charge < -0.3 is 10.6 Å². The van der Waals surface area contributed by atoms with Gasteiger partial charge in [-0.1, -0.05) is 18.2 Å². The SMILES string of the molecule is CNC(C)CNC(=O)Cc1csc(NC(=O)c2ccccc2)n1. The van der Waals surface area contributed by atoms with E-state index in [2.05, 4.69) is 20.9 Å². The molecular weight excluding hydrogens is 312 g/mol. The van der Waals surface area contributed by atoms with Crippen LogP contribution in [0.15, 0.2) is 35.7 Å². The van der Waals surface area contributed by atoms with Crippen LogP contribution < -0.4 is 16.0 Å². The van der Waals surface area contributed by atoms with E-state index in [4.69, 9.17) is 0 Å². The van der Waals surface area contributed by atoms with E-state index < -0.39 is 0 Å². The second kappa shape index (κ2) is 8.40. The zero-order valence-corrected chi connectivity index (χ0v) is 13.9. The van der Waals surface area contributed by atoms with E-state index in [1.54, 1.807) is 29.6 Å². The molecule has 0 aliphatic carbocycles. The fraction of sp³-hybridized carbons (Fsp3) is 0.312. The van der Waals surface area contributed by atoms with Gasteiger partial charge in [0.25, 0.3) is 5.91 Å². The van der Waals surface area contributed by atoms with Crippen LogP contribution in [-0.2, 0) is 11.2 Å². The van der Waals surface area contributed by atoms with Crippen molar-refractivity contribution in [2.45, 2.75) is 19.4 Å². The molecule has 0 bridgehead atoms. The van der Waals surface area contributed by atoms with Gasteiger partial charge in [-0.15, -0.1) is 11.3 Å². The quantitative estimate of drug-likeness (QED) is 0.720. The van der Waals surface area contributed by atoms with E-state index in [0.29, 0.717) is 22.9 Å². The molecule has 0 fully saturated rings. The number of hydrogen-bond donors (Lipinski definition) is 3. The predicted octanol–water partition coefficient (Wildman–Crippen LogP) is 1.66. The summed E-state index contributed by atoms with van der Waals surface area (Å²) in [6, 6.07) is 9.15. The highest BCUT2D eigenvalue weighted by Gasteiger charge is 2.11. The summed E-state index contributed by atoms with van der Waals surface area (Å²) < 4.78 is 0. The number of thiazole rings is 1. The van der Waals surface area contributed by atoms with Crippen molar-refractivity contribution in [3.05, 3.63) is 47.0 Å². The molecule has 1 aromatic carbocycles. The summed E-state index contributed by atoms with van der Waals surface area (Å²) in [5, 5.41) is 10.9. The van der Waals surface area contributed by atoms with Crippen LogP contribution in [0.3, 0.4) is 0 Å². The zero-order chi connectivity index (χ0) is 16.7. The van der Waals surface area contributed by atoms with Gasteiger partial charge in [-0.05, 0) is 26.1 Å². The first-order valence-corrected chi connectivity index (χ1v) is 8.21. The van der Waals surface area contributed by atoms with E-state index in [0.717, 1.165) is 0 Å². The molecule has 2 rings (SSSR count). The number of likely N-dealkylation sites (N-methyl/N-ethyl adjacent to an activating group) is 1. The van der Waals surface area contributed by atoms with Gasteiger partial charge in [0.05, 0.1) is 12.1 Å². The second-order valence-corrected chi connectivity index (χ2v) is 5.99. The maximum atomic E-state index is 12.0. The van der Waals surface area contributed by atoms with Gasteiger partial charge in [-0.3, -0.25) is 14.9 Å². The Morgan fingerprint density at radius 1 is 1.26 bits per heavy atom. The summed E-state index contributed by atoms with van der Waals surface area (Å²) in [7, 11) is 1.85. The molecule has 2 aromatic rings.